The first-order valence-corrected chi connectivity index (χ1v) is 6.99. The fraction of sp³-hybridized carbons (Fsp3) is 0.538. The summed E-state index contributed by atoms with van der Waals surface area (Å²) in [6.45, 7) is 0.831. The highest BCUT2D eigenvalue weighted by atomic mass is 79.9. The Morgan fingerprint density at radius 1 is 1.16 bits per heavy atom. The Labute approximate surface area is 119 Å². The molecule has 0 aliphatic heterocycles. The van der Waals surface area contributed by atoms with Crippen LogP contribution in [0.1, 0.15) is 24.0 Å². The fourth-order valence-electron chi connectivity index (χ4n) is 1.54. The van der Waals surface area contributed by atoms with Gasteiger partial charge in [-0.25, -0.2) is 0 Å². The number of benzene rings is 1. The van der Waals surface area contributed by atoms with E-state index in [0.29, 0.717) is 23.9 Å². The van der Waals surface area contributed by atoms with E-state index in [2.05, 4.69) is 15.9 Å². The second kappa shape index (κ2) is 7.75. The highest BCUT2D eigenvalue weighted by molar-refractivity contribution is 9.08. The molecule has 0 fully saturated rings. The average molecular weight is 341 g/mol. The Hall–Kier alpha value is -0.750. The van der Waals surface area contributed by atoms with Gasteiger partial charge in [-0.05, 0) is 30.5 Å². The molecule has 0 saturated carbocycles. The summed E-state index contributed by atoms with van der Waals surface area (Å²) in [7, 11) is 1.58. The number of halogens is 4. The standard InChI is InChI=1S/C13H16BrF3O2/c1-18-6-2-3-7-19-12-5-4-10(9-14)8-11(12)13(15,16)17/h4-5,8H,2-3,6-7,9H2,1H3. The molecule has 2 nitrogen and oxygen atoms in total. The van der Waals surface area contributed by atoms with Crippen LogP contribution < -0.4 is 4.74 Å². The third-order valence-electron chi connectivity index (χ3n) is 2.50. The van der Waals surface area contributed by atoms with E-state index in [1.54, 1.807) is 13.2 Å². The van der Waals surface area contributed by atoms with Gasteiger partial charge in [-0.3, -0.25) is 0 Å². The molecular formula is C13H16BrF3O2. The quantitative estimate of drug-likeness (QED) is 0.540. The van der Waals surface area contributed by atoms with Crippen molar-refractivity contribution in [1.82, 2.24) is 0 Å². The van der Waals surface area contributed by atoms with Gasteiger partial charge in [0.05, 0.1) is 12.2 Å². The lowest BCUT2D eigenvalue weighted by molar-refractivity contribution is -0.139. The van der Waals surface area contributed by atoms with E-state index in [1.807, 2.05) is 0 Å². The molecule has 1 aromatic carbocycles. The van der Waals surface area contributed by atoms with Crippen LogP contribution in [0, 0.1) is 0 Å². The topological polar surface area (TPSA) is 18.5 Å². The van der Waals surface area contributed by atoms with Crippen molar-refractivity contribution in [2.45, 2.75) is 24.3 Å². The van der Waals surface area contributed by atoms with Gasteiger partial charge in [0, 0.05) is 19.0 Å². The molecule has 0 aliphatic carbocycles. The van der Waals surface area contributed by atoms with Crippen LogP contribution in [-0.4, -0.2) is 20.3 Å². The zero-order valence-corrected chi connectivity index (χ0v) is 12.2. The molecule has 0 unspecified atom stereocenters. The summed E-state index contributed by atoms with van der Waals surface area (Å²) in [5.41, 5.74) is -0.157. The Morgan fingerprint density at radius 2 is 1.84 bits per heavy atom. The predicted molar refractivity (Wildman–Crippen MR) is 70.7 cm³/mol. The van der Waals surface area contributed by atoms with Gasteiger partial charge in [-0.1, -0.05) is 22.0 Å². The summed E-state index contributed by atoms with van der Waals surface area (Å²) in [6.07, 6.45) is -2.98. The Morgan fingerprint density at radius 3 is 2.42 bits per heavy atom. The number of hydrogen-bond donors (Lipinski definition) is 0. The largest absolute Gasteiger partial charge is 0.493 e. The summed E-state index contributed by atoms with van der Waals surface area (Å²) in [4.78, 5) is 0. The van der Waals surface area contributed by atoms with Crippen LogP contribution in [0.25, 0.3) is 0 Å². The fourth-order valence-corrected chi connectivity index (χ4v) is 1.89. The molecule has 0 radical (unpaired) electrons. The van der Waals surface area contributed by atoms with Crippen LogP contribution in [0.2, 0.25) is 0 Å². The lowest BCUT2D eigenvalue weighted by Gasteiger charge is -2.15. The molecule has 0 saturated heterocycles. The smallest absolute Gasteiger partial charge is 0.419 e. The Balaban J connectivity index is 2.71. The van der Waals surface area contributed by atoms with Crippen molar-refractivity contribution < 1.29 is 22.6 Å². The first kappa shape index (κ1) is 16.3. The number of alkyl halides is 4. The zero-order valence-electron chi connectivity index (χ0n) is 10.6. The van der Waals surface area contributed by atoms with E-state index in [9.17, 15) is 13.2 Å². The first-order valence-electron chi connectivity index (χ1n) is 5.87. The van der Waals surface area contributed by atoms with Crippen molar-refractivity contribution in [3.05, 3.63) is 29.3 Å². The van der Waals surface area contributed by atoms with E-state index < -0.39 is 11.7 Å². The van der Waals surface area contributed by atoms with Gasteiger partial charge in [0.15, 0.2) is 0 Å². The number of methoxy groups -OCH3 is 1. The normalized spacial score (nSPS) is 11.6. The molecule has 0 amide bonds. The van der Waals surface area contributed by atoms with E-state index in [-0.39, 0.29) is 12.4 Å². The molecule has 0 N–H and O–H groups in total. The maximum absolute atomic E-state index is 12.9. The van der Waals surface area contributed by atoms with Crippen molar-refractivity contribution in [1.29, 1.82) is 0 Å². The second-order valence-electron chi connectivity index (χ2n) is 4.01. The van der Waals surface area contributed by atoms with Gasteiger partial charge in [0.1, 0.15) is 5.75 Å². The molecule has 19 heavy (non-hydrogen) atoms. The lowest BCUT2D eigenvalue weighted by Crippen LogP contribution is -2.10. The highest BCUT2D eigenvalue weighted by Gasteiger charge is 2.34. The van der Waals surface area contributed by atoms with Crippen LogP contribution in [0.15, 0.2) is 18.2 Å². The molecule has 108 valence electrons. The molecule has 0 spiro atoms. The van der Waals surface area contributed by atoms with Crippen molar-refractivity contribution in [3.8, 4) is 5.75 Å². The number of unbranched alkanes of at least 4 members (excludes halogenated alkanes) is 1. The van der Waals surface area contributed by atoms with E-state index in [1.165, 1.54) is 6.07 Å². The van der Waals surface area contributed by atoms with Gasteiger partial charge in [-0.2, -0.15) is 13.2 Å². The second-order valence-corrected chi connectivity index (χ2v) is 4.57. The van der Waals surface area contributed by atoms with Crippen LogP contribution in [0.3, 0.4) is 0 Å². The van der Waals surface area contributed by atoms with Gasteiger partial charge in [-0.15, -0.1) is 0 Å². The average Bonchev–Trinajstić information content (AvgIpc) is 2.37. The summed E-state index contributed by atoms with van der Waals surface area (Å²) in [6, 6.07) is 4.10. The van der Waals surface area contributed by atoms with Crippen LogP contribution in [-0.2, 0) is 16.2 Å². The monoisotopic (exact) mass is 340 g/mol. The van der Waals surface area contributed by atoms with E-state index in [0.717, 1.165) is 12.5 Å². The summed E-state index contributed by atoms with van der Waals surface area (Å²) >= 11 is 3.14. The number of ether oxygens (including phenoxy) is 2. The van der Waals surface area contributed by atoms with Crippen molar-refractivity contribution in [3.63, 3.8) is 0 Å². The minimum absolute atomic E-state index is 0.116. The molecule has 0 heterocycles. The Bertz CT molecular complexity index is 394. The molecule has 1 aromatic rings. The van der Waals surface area contributed by atoms with Crippen molar-refractivity contribution in [2.75, 3.05) is 20.3 Å². The van der Waals surface area contributed by atoms with Gasteiger partial charge >= 0.3 is 6.18 Å². The van der Waals surface area contributed by atoms with E-state index >= 15 is 0 Å². The zero-order chi connectivity index (χ0) is 14.3. The molecule has 0 aromatic heterocycles. The Kier molecular flexibility index (Phi) is 6.65. The van der Waals surface area contributed by atoms with Gasteiger partial charge in [0.25, 0.3) is 0 Å². The molecule has 0 aliphatic rings. The lowest BCUT2D eigenvalue weighted by atomic mass is 10.1. The minimum Gasteiger partial charge on any atom is -0.493 e. The van der Waals surface area contributed by atoms with E-state index in [4.69, 9.17) is 9.47 Å². The molecule has 0 bridgehead atoms. The highest BCUT2D eigenvalue weighted by Crippen LogP contribution is 2.37. The predicted octanol–water partition coefficient (Wildman–Crippen LogP) is 4.41. The molecule has 1 rings (SSSR count). The third kappa shape index (κ3) is 5.40. The van der Waals surface area contributed by atoms with Crippen molar-refractivity contribution in [2.24, 2.45) is 0 Å². The summed E-state index contributed by atoms with van der Waals surface area (Å²) in [5, 5.41) is 0.379. The van der Waals surface area contributed by atoms with Crippen LogP contribution >= 0.6 is 15.9 Å². The first-order chi connectivity index (χ1) is 8.99. The molecule has 0 atom stereocenters. The minimum atomic E-state index is -4.40. The van der Waals surface area contributed by atoms with Gasteiger partial charge < -0.3 is 9.47 Å². The SMILES string of the molecule is COCCCCOc1ccc(CBr)cc1C(F)(F)F. The number of hydrogen-bond acceptors (Lipinski definition) is 2. The number of rotatable bonds is 7. The maximum atomic E-state index is 12.9. The van der Waals surface area contributed by atoms with Crippen LogP contribution in [0.4, 0.5) is 13.2 Å². The maximum Gasteiger partial charge on any atom is 0.419 e. The molecular weight excluding hydrogens is 325 g/mol. The molecule has 6 heteroatoms. The third-order valence-corrected chi connectivity index (χ3v) is 3.15. The summed E-state index contributed by atoms with van der Waals surface area (Å²) in [5.74, 6) is -0.116. The van der Waals surface area contributed by atoms with Crippen molar-refractivity contribution >= 4 is 15.9 Å². The van der Waals surface area contributed by atoms with Gasteiger partial charge in [0.2, 0.25) is 0 Å². The summed E-state index contributed by atoms with van der Waals surface area (Å²) < 4.78 is 48.7. The van der Waals surface area contributed by atoms with Crippen LogP contribution in [0.5, 0.6) is 5.75 Å².